The number of ketones is 1. The van der Waals surface area contributed by atoms with Crippen molar-refractivity contribution in [3.05, 3.63) is 48.0 Å². The van der Waals surface area contributed by atoms with Gasteiger partial charge in [0, 0.05) is 5.56 Å². The van der Waals surface area contributed by atoms with Crippen molar-refractivity contribution in [2.75, 3.05) is 0 Å². The Morgan fingerprint density at radius 2 is 1.72 bits per heavy atom. The summed E-state index contributed by atoms with van der Waals surface area (Å²) < 4.78 is 0. The van der Waals surface area contributed by atoms with E-state index in [-0.39, 0.29) is 12.0 Å². The minimum Gasteiger partial charge on any atom is -0.342 e. The Morgan fingerprint density at radius 1 is 1.17 bits per heavy atom. The molecule has 0 radical (unpaired) electrons. The molecule has 0 saturated heterocycles. The lowest BCUT2D eigenvalue weighted by molar-refractivity contribution is -0.117. The second kappa shape index (κ2) is 6.15. The molecule has 0 heterocycles. The third kappa shape index (κ3) is 3.55. The third-order valence-electron chi connectivity index (χ3n) is 2.73. The monoisotopic (exact) mass is 245 g/mol. The van der Waals surface area contributed by atoms with Gasteiger partial charge in [-0.1, -0.05) is 56.3 Å². The largest absolute Gasteiger partial charge is 0.342 e. The topological polar surface area (TPSA) is 46.2 Å². The number of amides is 1. The first-order chi connectivity index (χ1) is 8.43. The Bertz CT molecular complexity index is 449. The van der Waals surface area contributed by atoms with Gasteiger partial charge in [-0.25, -0.2) is 0 Å². The summed E-state index contributed by atoms with van der Waals surface area (Å²) in [4.78, 5) is 23.7. The summed E-state index contributed by atoms with van der Waals surface area (Å²) in [5.41, 5.74) is 1.25. The number of nitrogens with one attached hydrogen (secondary N) is 1. The molecule has 1 amide bonds. The highest BCUT2D eigenvalue weighted by atomic mass is 16.2. The van der Waals surface area contributed by atoms with Gasteiger partial charge in [-0.2, -0.15) is 0 Å². The second-order valence-corrected chi connectivity index (χ2v) is 4.74. The van der Waals surface area contributed by atoms with E-state index in [0.717, 1.165) is 5.57 Å². The van der Waals surface area contributed by atoms with E-state index in [9.17, 15) is 9.59 Å². The van der Waals surface area contributed by atoms with Crippen LogP contribution in [0.2, 0.25) is 0 Å². The lowest BCUT2D eigenvalue weighted by Crippen LogP contribution is -2.42. The molecule has 1 N–H and O–H groups in total. The van der Waals surface area contributed by atoms with Crippen LogP contribution in [0.25, 0.3) is 0 Å². The molecule has 1 aromatic carbocycles. The average Bonchev–Trinajstić information content (AvgIpc) is 2.35. The summed E-state index contributed by atoms with van der Waals surface area (Å²) in [5, 5.41) is 2.73. The second-order valence-electron chi connectivity index (χ2n) is 4.74. The molecule has 0 saturated carbocycles. The fourth-order valence-corrected chi connectivity index (χ4v) is 1.79. The van der Waals surface area contributed by atoms with Crippen LogP contribution in [0.4, 0.5) is 0 Å². The van der Waals surface area contributed by atoms with Gasteiger partial charge < -0.3 is 5.32 Å². The molecule has 0 fully saturated rings. The Labute approximate surface area is 108 Å². The van der Waals surface area contributed by atoms with Crippen LogP contribution in [0, 0.1) is 5.92 Å². The number of Topliss-reactive ketones (excluding diaryl/α,β-unsaturated/α-hetero) is 1. The number of hydrogen-bond acceptors (Lipinski definition) is 2. The zero-order valence-electron chi connectivity index (χ0n) is 11.1. The Hall–Kier alpha value is -1.90. The highest BCUT2D eigenvalue weighted by Crippen LogP contribution is 2.10. The van der Waals surface area contributed by atoms with Crippen LogP contribution < -0.4 is 5.32 Å². The summed E-state index contributed by atoms with van der Waals surface area (Å²) in [6, 6.07) is 8.36. The molecule has 3 heteroatoms. The van der Waals surface area contributed by atoms with Crippen LogP contribution in [0.1, 0.15) is 31.1 Å². The van der Waals surface area contributed by atoms with E-state index in [1.54, 1.807) is 30.3 Å². The molecule has 1 aromatic rings. The lowest BCUT2D eigenvalue weighted by atomic mass is 9.97. The van der Waals surface area contributed by atoms with Gasteiger partial charge in [0.1, 0.15) is 0 Å². The molecule has 18 heavy (non-hydrogen) atoms. The standard InChI is InChI=1S/C15H19NO2/c1-10(2)13(11(3)4)16-15(18)14(17)12-8-6-5-7-9-12/h5-9,11,13H,1H2,2-4H3,(H,16,18)/t13-/m1/s1. The minimum absolute atomic E-state index is 0.176. The number of carbonyl (C=O) groups excluding carboxylic acids is 2. The molecule has 0 bridgehead atoms. The van der Waals surface area contributed by atoms with Crippen LogP contribution in [-0.4, -0.2) is 17.7 Å². The summed E-state index contributed by atoms with van der Waals surface area (Å²) in [7, 11) is 0. The first kappa shape index (κ1) is 14.2. The first-order valence-electron chi connectivity index (χ1n) is 5.99. The van der Waals surface area contributed by atoms with Gasteiger partial charge >= 0.3 is 0 Å². The quantitative estimate of drug-likeness (QED) is 0.492. The van der Waals surface area contributed by atoms with Gasteiger partial charge in [0.25, 0.3) is 5.91 Å². The molecule has 0 spiro atoms. The van der Waals surface area contributed by atoms with E-state index in [0.29, 0.717) is 5.56 Å². The number of carbonyl (C=O) groups is 2. The van der Waals surface area contributed by atoms with E-state index < -0.39 is 11.7 Å². The highest BCUT2D eigenvalue weighted by molar-refractivity contribution is 6.42. The highest BCUT2D eigenvalue weighted by Gasteiger charge is 2.22. The van der Waals surface area contributed by atoms with E-state index >= 15 is 0 Å². The maximum absolute atomic E-state index is 11.9. The van der Waals surface area contributed by atoms with E-state index in [1.165, 1.54) is 0 Å². The van der Waals surface area contributed by atoms with Crippen molar-refractivity contribution in [1.82, 2.24) is 5.32 Å². The molecule has 1 rings (SSSR count). The Kier molecular flexibility index (Phi) is 4.84. The van der Waals surface area contributed by atoms with Gasteiger partial charge in [0.05, 0.1) is 6.04 Å². The summed E-state index contributed by atoms with van der Waals surface area (Å²) >= 11 is 0. The lowest BCUT2D eigenvalue weighted by Gasteiger charge is -2.22. The minimum atomic E-state index is -0.581. The van der Waals surface area contributed by atoms with Crippen LogP contribution in [-0.2, 0) is 4.79 Å². The zero-order valence-corrected chi connectivity index (χ0v) is 11.1. The van der Waals surface area contributed by atoms with Gasteiger partial charge in [-0.05, 0) is 12.8 Å². The van der Waals surface area contributed by atoms with Crippen molar-refractivity contribution in [1.29, 1.82) is 0 Å². The zero-order chi connectivity index (χ0) is 13.7. The normalized spacial score (nSPS) is 12.0. The van der Waals surface area contributed by atoms with Crippen molar-refractivity contribution >= 4 is 11.7 Å². The number of hydrogen-bond donors (Lipinski definition) is 1. The maximum atomic E-state index is 11.9. The number of rotatable bonds is 5. The van der Waals surface area contributed by atoms with Crippen LogP contribution >= 0.6 is 0 Å². The molecule has 1 atom stereocenters. The van der Waals surface area contributed by atoms with Crippen LogP contribution in [0.5, 0.6) is 0 Å². The predicted molar refractivity (Wildman–Crippen MR) is 72.4 cm³/mol. The smallest absolute Gasteiger partial charge is 0.292 e. The summed E-state index contributed by atoms with van der Waals surface area (Å²) in [6.07, 6.45) is 0. The maximum Gasteiger partial charge on any atom is 0.292 e. The molecule has 96 valence electrons. The van der Waals surface area contributed by atoms with Gasteiger partial charge in [-0.15, -0.1) is 0 Å². The van der Waals surface area contributed by atoms with Crippen molar-refractivity contribution in [3.63, 3.8) is 0 Å². The van der Waals surface area contributed by atoms with Gasteiger partial charge in [0.2, 0.25) is 5.78 Å². The van der Waals surface area contributed by atoms with Crippen molar-refractivity contribution in [3.8, 4) is 0 Å². The molecule has 0 aliphatic rings. The van der Waals surface area contributed by atoms with Crippen LogP contribution in [0.15, 0.2) is 42.5 Å². The Balaban J connectivity index is 2.77. The van der Waals surface area contributed by atoms with Crippen molar-refractivity contribution in [2.45, 2.75) is 26.8 Å². The van der Waals surface area contributed by atoms with E-state index in [1.807, 2.05) is 20.8 Å². The van der Waals surface area contributed by atoms with E-state index in [4.69, 9.17) is 0 Å². The van der Waals surface area contributed by atoms with Gasteiger partial charge in [0.15, 0.2) is 0 Å². The number of benzene rings is 1. The van der Waals surface area contributed by atoms with Crippen molar-refractivity contribution in [2.24, 2.45) is 5.92 Å². The van der Waals surface area contributed by atoms with Crippen LogP contribution in [0.3, 0.4) is 0 Å². The van der Waals surface area contributed by atoms with Gasteiger partial charge in [-0.3, -0.25) is 9.59 Å². The molecule has 0 aliphatic carbocycles. The molecule has 0 unspecified atom stereocenters. The molecule has 3 nitrogen and oxygen atoms in total. The SMILES string of the molecule is C=C(C)[C@@H](NC(=O)C(=O)c1ccccc1)C(C)C. The molecule has 0 aromatic heterocycles. The van der Waals surface area contributed by atoms with E-state index in [2.05, 4.69) is 11.9 Å². The summed E-state index contributed by atoms with van der Waals surface area (Å²) in [6.45, 7) is 9.64. The molecular formula is C15H19NO2. The molecular weight excluding hydrogens is 226 g/mol. The fourth-order valence-electron chi connectivity index (χ4n) is 1.79. The molecule has 0 aliphatic heterocycles. The first-order valence-corrected chi connectivity index (χ1v) is 5.99. The third-order valence-corrected chi connectivity index (χ3v) is 2.73. The predicted octanol–water partition coefficient (Wildman–Crippen LogP) is 2.59. The van der Waals surface area contributed by atoms with Crippen molar-refractivity contribution < 1.29 is 9.59 Å². The average molecular weight is 245 g/mol. The Morgan fingerprint density at radius 3 is 2.17 bits per heavy atom. The fraction of sp³-hybridized carbons (Fsp3) is 0.333. The summed E-state index contributed by atoms with van der Waals surface area (Å²) in [5.74, 6) is -0.888.